The number of hydrazone groups is 1. The Morgan fingerprint density at radius 3 is 2.28 bits per heavy atom. The van der Waals surface area contributed by atoms with Crippen molar-refractivity contribution in [3.8, 4) is 0 Å². The van der Waals surface area contributed by atoms with Crippen LogP contribution in [0.2, 0.25) is 0 Å². The standard InChI is InChI=1S/C23H26N2/c1-16-13-18(3)23(19(4)14-16)25-24-22(20-10-6-5-7-11-20)15-21-12-8-9-17(21)2/h5-11,13-14,25H,12,15H2,1-4H3. The monoisotopic (exact) mass is 330 g/mol. The third-order valence-electron chi connectivity index (χ3n) is 4.76. The highest BCUT2D eigenvalue weighted by Gasteiger charge is 2.12. The van der Waals surface area contributed by atoms with Crippen LogP contribution in [0.5, 0.6) is 0 Å². The van der Waals surface area contributed by atoms with Crippen LogP contribution in [0.1, 0.15) is 42.0 Å². The van der Waals surface area contributed by atoms with E-state index in [1.54, 1.807) is 0 Å². The summed E-state index contributed by atoms with van der Waals surface area (Å²) in [4.78, 5) is 0. The van der Waals surface area contributed by atoms with Gasteiger partial charge in [-0.15, -0.1) is 0 Å². The molecule has 0 saturated heterocycles. The maximum Gasteiger partial charge on any atom is 0.0720 e. The van der Waals surface area contributed by atoms with Gasteiger partial charge in [0.25, 0.3) is 0 Å². The SMILES string of the molecule is CC1=C(CC(=NNc2c(C)cc(C)cc2C)c2ccccc2)CC=C1. The zero-order valence-corrected chi connectivity index (χ0v) is 15.6. The van der Waals surface area contributed by atoms with Crippen molar-refractivity contribution in [3.05, 3.63) is 88.0 Å². The van der Waals surface area contributed by atoms with Crippen molar-refractivity contribution < 1.29 is 0 Å². The van der Waals surface area contributed by atoms with E-state index in [0.29, 0.717) is 0 Å². The third-order valence-corrected chi connectivity index (χ3v) is 4.76. The van der Waals surface area contributed by atoms with Crippen molar-refractivity contribution in [1.29, 1.82) is 0 Å². The van der Waals surface area contributed by atoms with Gasteiger partial charge in [0.05, 0.1) is 11.4 Å². The molecule has 0 fully saturated rings. The molecule has 1 N–H and O–H groups in total. The Hall–Kier alpha value is -2.61. The van der Waals surface area contributed by atoms with Gasteiger partial charge in [-0.1, -0.05) is 71.3 Å². The zero-order chi connectivity index (χ0) is 17.8. The summed E-state index contributed by atoms with van der Waals surface area (Å²) in [5.74, 6) is 0. The molecular formula is C23H26N2. The Balaban J connectivity index is 1.92. The average Bonchev–Trinajstić information content (AvgIpc) is 2.98. The second-order valence-electron chi connectivity index (χ2n) is 6.88. The highest BCUT2D eigenvalue weighted by Crippen LogP contribution is 2.25. The molecule has 0 unspecified atom stereocenters. The van der Waals surface area contributed by atoms with Gasteiger partial charge in [0.2, 0.25) is 0 Å². The molecule has 0 saturated carbocycles. The van der Waals surface area contributed by atoms with Gasteiger partial charge in [-0.2, -0.15) is 5.10 Å². The molecule has 2 heteroatoms. The van der Waals surface area contributed by atoms with E-state index in [9.17, 15) is 0 Å². The number of nitrogens with zero attached hydrogens (tertiary/aromatic N) is 1. The number of benzene rings is 2. The number of rotatable bonds is 5. The van der Waals surface area contributed by atoms with Gasteiger partial charge in [-0.3, -0.25) is 5.43 Å². The molecule has 0 radical (unpaired) electrons. The van der Waals surface area contributed by atoms with Crippen LogP contribution in [0.15, 0.2) is 70.9 Å². The minimum absolute atomic E-state index is 0.875. The Morgan fingerprint density at radius 2 is 1.68 bits per heavy atom. The maximum absolute atomic E-state index is 4.82. The molecular weight excluding hydrogens is 304 g/mol. The molecule has 0 atom stereocenters. The van der Waals surface area contributed by atoms with Gasteiger partial charge in [0, 0.05) is 6.42 Å². The van der Waals surface area contributed by atoms with E-state index in [2.05, 4.69) is 81.7 Å². The Kier molecular flexibility index (Phi) is 5.18. The Morgan fingerprint density at radius 1 is 1.00 bits per heavy atom. The first kappa shape index (κ1) is 17.2. The van der Waals surface area contributed by atoms with Crippen LogP contribution < -0.4 is 5.43 Å². The molecule has 25 heavy (non-hydrogen) atoms. The van der Waals surface area contributed by atoms with Crippen molar-refractivity contribution in [2.24, 2.45) is 5.10 Å². The summed E-state index contributed by atoms with van der Waals surface area (Å²) >= 11 is 0. The average molecular weight is 330 g/mol. The van der Waals surface area contributed by atoms with Crippen LogP contribution >= 0.6 is 0 Å². The first-order valence-corrected chi connectivity index (χ1v) is 8.85. The predicted octanol–water partition coefficient (Wildman–Crippen LogP) is 6.09. The normalized spacial score (nSPS) is 14.3. The number of hydrogen-bond donors (Lipinski definition) is 1. The number of allylic oxidation sites excluding steroid dienone is 4. The van der Waals surface area contributed by atoms with Gasteiger partial charge in [-0.25, -0.2) is 0 Å². The lowest BCUT2D eigenvalue weighted by Crippen LogP contribution is -2.07. The molecule has 1 aliphatic rings. The number of hydrogen-bond acceptors (Lipinski definition) is 2. The smallest absolute Gasteiger partial charge is 0.0720 e. The van der Waals surface area contributed by atoms with Gasteiger partial charge in [0.1, 0.15) is 0 Å². The van der Waals surface area contributed by atoms with Gasteiger partial charge < -0.3 is 0 Å². The lowest BCUT2D eigenvalue weighted by atomic mass is 9.99. The van der Waals surface area contributed by atoms with Crippen molar-refractivity contribution >= 4 is 11.4 Å². The topological polar surface area (TPSA) is 24.4 Å². The Bertz CT molecular complexity index is 832. The van der Waals surface area contributed by atoms with Crippen molar-refractivity contribution in [3.63, 3.8) is 0 Å². The summed E-state index contributed by atoms with van der Waals surface area (Å²) in [7, 11) is 0. The fourth-order valence-electron chi connectivity index (χ4n) is 3.39. The fraction of sp³-hybridized carbons (Fsp3) is 0.261. The maximum atomic E-state index is 4.82. The molecule has 0 heterocycles. The molecule has 0 aromatic heterocycles. The van der Waals surface area contributed by atoms with Gasteiger partial charge in [-0.05, 0) is 50.8 Å². The van der Waals surface area contributed by atoms with Crippen molar-refractivity contribution in [1.82, 2.24) is 0 Å². The summed E-state index contributed by atoms with van der Waals surface area (Å²) in [6.45, 7) is 8.58. The highest BCUT2D eigenvalue weighted by atomic mass is 15.3. The lowest BCUT2D eigenvalue weighted by molar-refractivity contribution is 1.12. The van der Waals surface area contributed by atoms with E-state index in [0.717, 1.165) is 24.2 Å². The fourth-order valence-corrected chi connectivity index (χ4v) is 3.39. The largest absolute Gasteiger partial charge is 0.278 e. The van der Waals surface area contributed by atoms with Crippen LogP contribution in [0.25, 0.3) is 0 Å². The molecule has 0 amide bonds. The molecule has 3 rings (SSSR count). The first-order valence-electron chi connectivity index (χ1n) is 8.85. The van der Waals surface area contributed by atoms with Gasteiger partial charge in [0.15, 0.2) is 0 Å². The molecule has 2 aromatic carbocycles. The summed E-state index contributed by atoms with van der Waals surface area (Å²) in [5.41, 5.74) is 13.3. The first-order chi connectivity index (χ1) is 12.0. The molecule has 0 bridgehead atoms. The van der Waals surface area contributed by atoms with E-state index in [1.165, 1.54) is 33.4 Å². The Labute approximate surface area is 151 Å². The van der Waals surface area contributed by atoms with Crippen LogP contribution in [0.4, 0.5) is 5.69 Å². The van der Waals surface area contributed by atoms with Crippen LogP contribution in [0.3, 0.4) is 0 Å². The minimum Gasteiger partial charge on any atom is -0.278 e. The van der Waals surface area contributed by atoms with E-state index < -0.39 is 0 Å². The summed E-state index contributed by atoms with van der Waals surface area (Å²) in [5, 5.41) is 4.82. The molecule has 0 spiro atoms. The lowest BCUT2D eigenvalue weighted by Gasteiger charge is -2.13. The van der Waals surface area contributed by atoms with Crippen LogP contribution in [-0.4, -0.2) is 5.71 Å². The minimum atomic E-state index is 0.875. The number of nitrogens with one attached hydrogen (secondary N) is 1. The van der Waals surface area contributed by atoms with E-state index >= 15 is 0 Å². The van der Waals surface area contributed by atoms with Crippen molar-refractivity contribution in [2.75, 3.05) is 5.43 Å². The zero-order valence-electron chi connectivity index (χ0n) is 15.6. The van der Waals surface area contributed by atoms with E-state index in [4.69, 9.17) is 5.10 Å². The van der Waals surface area contributed by atoms with E-state index in [1.807, 2.05) is 6.07 Å². The molecule has 2 nitrogen and oxygen atoms in total. The number of aryl methyl sites for hydroxylation is 3. The molecule has 2 aromatic rings. The second kappa shape index (κ2) is 7.52. The predicted molar refractivity (Wildman–Crippen MR) is 108 cm³/mol. The summed E-state index contributed by atoms with van der Waals surface area (Å²) in [6.07, 6.45) is 6.34. The second-order valence-corrected chi connectivity index (χ2v) is 6.88. The third kappa shape index (κ3) is 4.08. The van der Waals surface area contributed by atoms with Gasteiger partial charge >= 0.3 is 0 Å². The number of anilines is 1. The van der Waals surface area contributed by atoms with E-state index in [-0.39, 0.29) is 0 Å². The molecule has 128 valence electrons. The van der Waals surface area contributed by atoms with Crippen LogP contribution in [0, 0.1) is 20.8 Å². The quantitative estimate of drug-likeness (QED) is 0.520. The summed E-state index contributed by atoms with van der Waals surface area (Å²) < 4.78 is 0. The highest BCUT2D eigenvalue weighted by molar-refractivity contribution is 6.02. The van der Waals surface area contributed by atoms with Crippen LogP contribution in [-0.2, 0) is 0 Å². The van der Waals surface area contributed by atoms with Crippen molar-refractivity contribution in [2.45, 2.75) is 40.5 Å². The molecule has 1 aliphatic carbocycles. The summed E-state index contributed by atoms with van der Waals surface area (Å²) in [6, 6.07) is 14.8. The molecule has 0 aliphatic heterocycles.